The summed E-state index contributed by atoms with van der Waals surface area (Å²) in [5, 5.41) is 0. The minimum absolute atomic E-state index is 0.161. The number of hydrogen-bond acceptors (Lipinski definition) is 1. The molecule has 0 N–H and O–H groups in total. The maximum Gasteiger partial charge on any atom is 0.0573 e. The van der Waals surface area contributed by atoms with Crippen molar-refractivity contribution in [3.05, 3.63) is 69.8 Å². The molecule has 2 atom stereocenters. The van der Waals surface area contributed by atoms with E-state index in [0.29, 0.717) is 0 Å². The molecule has 0 saturated carbocycles. The van der Waals surface area contributed by atoms with Gasteiger partial charge in [-0.3, -0.25) is 4.99 Å². The summed E-state index contributed by atoms with van der Waals surface area (Å²) in [6.07, 6.45) is 1.06. The highest BCUT2D eigenvalue weighted by Gasteiger charge is 2.21. The molecule has 2 rings (SSSR count). The Morgan fingerprint density at radius 1 is 0.955 bits per heavy atom. The van der Waals surface area contributed by atoms with Gasteiger partial charge in [-0.25, -0.2) is 0 Å². The molecule has 1 nitrogen and oxygen atoms in total. The van der Waals surface area contributed by atoms with Gasteiger partial charge in [-0.05, 0) is 68.7 Å². The van der Waals surface area contributed by atoms with Gasteiger partial charge in [-0.15, -0.1) is 0 Å². The van der Waals surface area contributed by atoms with E-state index < -0.39 is 0 Å². The van der Waals surface area contributed by atoms with Crippen LogP contribution in [-0.2, 0) is 6.42 Å². The number of benzene rings is 2. The van der Waals surface area contributed by atoms with Crippen LogP contribution in [0.3, 0.4) is 0 Å². The highest BCUT2D eigenvalue weighted by Crippen LogP contribution is 2.32. The van der Waals surface area contributed by atoms with Gasteiger partial charge in [0.25, 0.3) is 0 Å². The number of aliphatic imine (C=N–C) groups is 1. The number of nitrogens with zero attached hydrogens (tertiary/aromatic N) is 1. The van der Waals surface area contributed by atoms with E-state index in [9.17, 15) is 0 Å². The molecule has 116 valence electrons. The summed E-state index contributed by atoms with van der Waals surface area (Å²) in [6, 6.07) is 13.8. The number of aryl methyl sites for hydroxylation is 4. The lowest BCUT2D eigenvalue weighted by molar-refractivity contribution is 0.649. The summed E-state index contributed by atoms with van der Waals surface area (Å²) in [7, 11) is 0. The van der Waals surface area contributed by atoms with Crippen molar-refractivity contribution in [1.82, 2.24) is 0 Å². The molecule has 0 aliphatic carbocycles. The van der Waals surface area contributed by atoms with E-state index in [-0.39, 0.29) is 12.0 Å². The van der Waals surface area contributed by atoms with Crippen LogP contribution in [0.15, 0.2) is 41.4 Å². The molecule has 0 spiro atoms. The zero-order valence-corrected chi connectivity index (χ0v) is 14.5. The molecule has 2 aromatic rings. The molecular weight excluding hydrogens is 266 g/mol. The van der Waals surface area contributed by atoms with Gasteiger partial charge in [-0.2, -0.15) is 0 Å². The fourth-order valence-corrected chi connectivity index (χ4v) is 3.09. The average molecular weight is 293 g/mol. The molecule has 22 heavy (non-hydrogen) atoms. The zero-order valence-electron chi connectivity index (χ0n) is 14.5. The predicted molar refractivity (Wildman–Crippen MR) is 97.3 cm³/mol. The van der Waals surface area contributed by atoms with Crippen LogP contribution in [0.1, 0.15) is 53.1 Å². The fraction of sp³-hybridized carbons (Fsp3) is 0.381. The Morgan fingerprint density at radius 2 is 1.68 bits per heavy atom. The molecule has 0 heterocycles. The average Bonchev–Trinajstić information content (AvgIpc) is 2.50. The summed E-state index contributed by atoms with van der Waals surface area (Å²) in [5.41, 5.74) is 8.05. The van der Waals surface area contributed by atoms with Crippen molar-refractivity contribution in [2.45, 2.75) is 53.0 Å². The van der Waals surface area contributed by atoms with Crippen LogP contribution in [0.4, 0.5) is 0 Å². The molecule has 2 aromatic carbocycles. The smallest absolute Gasteiger partial charge is 0.0573 e. The van der Waals surface area contributed by atoms with Gasteiger partial charge in [0.15, 0.2) is 0 Å². The topological polar surface area (TPSA) is 12.4 Å². The van der Waals surface area contributed by atoms with Gasteiger partial charge in [0.05, 0.1) is 6.04 Å². The van der Waals surface area contributed by atoms with Gasteiger partial charge < -0.3 is 0 Å². The third-order valence-corrected chi connectivity index (χ3v) is 4.59. The summed E-state index contributed by atoms with van der Waals surface area (Å²) in [4.78, 5) is 4.33. The standard InChI is InChI=1S/C21H27N/c1-7-18-10-14(2)11-20(13-18)21(17(5)22-6)19-9-8-15(3)16(4)12-19/h8-13,17,21H,6-7H2,1-5H3. The molecule has 2 unspecified atom stereocenters. The summed E-state index contributed by atoms with van der Waals surface area (Å²) < 4.78 is 0. The van der Waals surface area contributed by atoms with Crippen LogP contribution in [0, 0.1) is 20.8 Å². The largest absolute Gasteiger partial charge is 0.297 e. The van der Waals surface area contributed by atoms with Crippen LogP contribution >= 0.6 is 0 Å². The van der Waals surface area contributed by atoms with Crippen molar-refractivity contribution >= 4 is 6.72 Å². The second-order valence-electron chi connectivity index (χ2n) is 6.35. The molecule has 0 saturated heterocycles. The van der Waals surface area contributed by atoms with Crippen molar-refractivity contribution in [3.63, 3.8) is 0 Å². The van der Waals surface area contributed by atoms with E-state index in [1.54, 1.807) is 0 Å². The Hall–Kier alpha value is -1.89. The van der Waals surface area contributed by atoms with E-state index in [1.165, 1.54) is 33.4 Å². The summed E-state index contributed by atoms with van der Waals surface area (Å²) in [6.45, 7) is 14.7. The van der Waals surface area contributed by atoms with Gasteiger partial charge in [0.1, 0.15) is 0 Å². The summed E-state index contributed by atoms with van der Waals surface area (Å²) >= 11 is 0. The first-order chi connectivity index (χ1) is 10.5. The quantitative estimate of drug-likeness (QED) is 0.655. The van der Waals surface area contributed by atoms with Crippen molar-refractivity contribution in [1.29, 1.82) is 0 Å². The third kappa shape index (κ3) is 3.47. The van der Waals surface area contributed by atoms with Crippen molar-refractivity contribution in [2.75, 3.05) is 0 Å². The molecular formula is C21H27N. The molecule has 0 aliphatic heterocycles. The second-order valence-corrected chi connectivity index (χ2v) is 6.35. The first-order valence-corrected chi connectivity index (χ1v) is 8.09. The second kappa shape index (κ2) is 6.91. The molecule has 0 radical (unpaired) electrons. The Morgan fingerprint density at radius 3 is 2.27 bits per heavy atom. The first kappa shape index (κ1) is 16.5. The van der Waals surface area contributed by atoms with Crippen LogP contribution in [0.2, 0.25) is 0 Å². The highest BCUT2D eigenvalue weighted by atomic mass is 14.7. The minimum Gasteiger partial charge on any atom is -0.297 e. The molecule has 0 aromatic heterocycles. The molecule has 0 amide bonds. The van der Waals surface area contributed by atoms with Crippen LogP contribution in [0.25, 0.3) is 0 Å². The lowest BCUT2D eigenvalue weighted by atomic mass is 9.83. The third-order valence-electron chi connectivity index (χ3n) is 4.59. The maximum absolute atomic E-state index is 4.33. The van der Waals surface area contributed by atoms with Gasteiger partial charge in [-0.1, -0.05) is 48.9 Å². The van der Waals surface area contributed by atoms with Gasteiger partial charge >= 0.3 is 0 Å². The van der Waals surface area contributed by atoms with Crippen molar-refractivity contribution < 1.29 is 0 Å². The van der Waals surface area contributed by atoms with Crippen molar-refractivity contribution in [3.8, 4) is 0 Å². The number of rotatable bonds is 5. The monoisotopic (exact) mass is 293 g/mol. The van der Waals surface area contributed by atoms with Crippen LogP contribution < -0.4 is 0 Å². The van der Waals surface area contributed by atoms with E-state index in [1.807, 2.05) is 0 Å². The Labute approximate surface area is 135 Å². The molecule has 0 bridgehead atoms. The summed E-state index contributed by atoms with van der Waals surface area (Å²) in [5.74, 6) is 0.266. The fourth-order valence-electron chi connectivity index (χ4n) is 3.09. The number of hydrogen-bond donors (Lipinski definition) is 0. The van der Waals surface area contributed by atoms with E-state index >= 15 is 0 Å². The maximum atomic E-state index is 4.33. The predicted octanol–water partition coefficient (Wildman–Crippen LogP) is 5.40. The van der Waals surface area contributed by atoms with E-state index in [2.05, 4.69) is 82.7 Å². The lowest BCUT2D eigenvalue weighted by Gasteiger charge is -2.24. The Bertz CT molecular complexity index is 670. The molecule has 0 fully saturated rings. The van der Waals surface area contributed by atoms with Gasteiger partial charge in [0.2, 0.25) is 0 Å². The van der Waals surface area contributed by atoms with Gasteiger partial charge in [0, 0.05) is 5.92 Å². The van der Waals surface area contributed by atoms with Crippen LogP contribution in [0.5, 0.6) is 0 Å². The van der Waals surface area contributed by atoms with Crippen molar-refractivity contribution in [2.24, 2.45) is 4.99 Å². The normalized spacial score (nSPS) is 13.7. The lowest BCUT2D eigenvalue weighted by Crippen LogP contribution is -2.15. The van der Waals surface area contributed by atoms with Crippen LogP contribution in [-0.4, -0.2) is 12.8 Å². The highest BCUT2D eigenvalue weighted by molar-refractivity contribution is 5.42. The Kier molecular flexibility index (Phi) is 5.18. The first-order valence-electron chi connectivity index (χ1n) is 8.09. The zero-order chi connectivity index (χ0) is 16.3. The molecule has 1 heteroatoms. The SMILES string of the molecule is C=NC(C)C(c1cc(C)cc(CC)c1)c1ccc(C)c(C)c1. The van der Waals surface area contributed by atoms with E-state index in [4.69, 9.17) is 0 Å². The van der Waals surface area contributed by atoms with E-state index in [0.717, 1.165) is 6.42 Å². The minimum atomic E-state index is 0.161. The molecule has 0 aliphatic rings. The Balaban J connectivity index is 2.57.